The second-order valence-electron chi connectivity index (χ2n) is 5.79. The normalized spacial score (nSPS) is 16.0. The number of anilines is 2. The molecule has 3 rings (SSSR count). The highest BCUT2D eigenvalue weighted by molar-refractivity contribution is 7.92. The first-order chi connectivity index (χ1) is 12.1. The average molecular weight is 395 g/mol. The minimum Gasteiger partial charge on any atom is -0.493 e. The summed E-state index contributed by atoms with van der Waals surface area (Å²) in [5.41, 5.74) is 2.53. The van der Waals surface area contributed by atoms with Gasteiger partial charge in [-0.15, -0.1) is 0 Å². The van der Waals surface area contributed by atoms with Gasteiger partial charge in [0.15, 0.2) is 0 Å². The largest absolute Gasteiger partial charge is 0.493 e. The quantitative estimate of drug-likeness (QED) is 0.712. The molecule has 1 heterocycles. The molecule has 0 radical (unpaired) electrons. The van der Waals surface area contributed by atoms with Crippen LogP contribution in [0.2, 0.25) is 0 Å². The fraction of sp³-hybridized carbons (Fsp3) is 0.125. The van der Waals surface area contributed by atoms with Crippen molar-refractivity contribution in [3.05, 3.63) is 71.7 Å². The van der Waals surface area contributed by atoms with E-state index in [4.69, 9.17) is 0 Å². The Labute approximate surface area is 152 Å². The third-order valence-electron chi connectivity index (χ3n) is 3.63. The van der Waals surface area contributed by atoms with Crippen molar-refractivity contribution < 1.29 is 21.9 Å². The van der Waals surface area contributed by atoms with Crippen LogP contribution < -0.4 is 13.7 Å². The summed E-state index contributed by atoms with van der Waals surface area (Å²) in [7, 11) is -7.21. The van der Waals surface area contributed by atoms with Gasteiger partial charge in [0.2, 0.25) is 15.9 Å². The van der Waals surface area contributed by atoms with Crippen molar-refractivity contribution in [3.8, 4) is 0 Å². The van der Waals surface area contributed by atoms with E-state index in [2.05, 4.69) is 4.72 Å². The molecule has 0 saturated carbocycles. The number of aliphatic hydroxyl groups excluding tert-OH is 1. The van der Waals surface area contributed by atoms with Crippen molar-refractivity contribution in [1.82, 2.24) is 4.72 Å². The maximum Gasteiger partial charge on any atom is 0.330 e. The van der Waals surface area contributed by atoms with E-state index in [1.807, 2.05) is 16.9 Å². The number of para-hydroxylation sites is 1. The number of sulfonamides is 1. The van der Waals surface area contributed by atoms with Crippen molar-refractivity contribution in [1.29, 1.82) is 0 Å². The maximum atomic E-state index is 11.9. The van der Waals surface area contributed by atoms with Gasteiger partial charge < -0.3 is 5.11 Å². The number of aliphatic hydroxyl groups is 1. The van der Waals surface area contributed by atoms with Gasteiger partial charge in [-0.1, -0.05) is 30.3 Å². The van der Waals surface area contributed by atoms with Crippen molar-refractivity contribution in [2.45, 2.75) is 6.42 Å². The molecule has 1 aliphatic rings. The van der Waals surface area contributed by atoms with Crippen molar-refractivity contribution in [3.63, 3.8) is 0 Å². The van der Waals surface area contributed by atoms with Gasteiger partial charge in [0.05, 0.1) is 23.8 Å². The molecule has 0 amide bonds. The van der Waals surface area contributed by atoms with E-state index in [0.717, 1.165) is 27.9 Å². The third-order valence-corrected chi connectivity index (χ3v) is 5.52. The summed E-state index contributed by atoms with van der Waals surface area (Å²) in [6.07, 6.45) is 2.63. The molecule has 10 heteroatoms. The van der Waals surface area contributed by atoms with Crippen LogP contribution in [0.3, 0.4) is 0 Å². The zero-order valence-electron chi connectivity index (χ0n) is 13.7. The van der Waals surface area contributed by atoms with E-state index in [-0.39, 0.29) is 0 Å². The van der Waals surface area contributed by atoms with Crippen LogP contribution in [0.5, 0.6) is 0 Å². The molecule has 8 nitrogen and oxygen atoms in total. The molecule has 0 spiro atoms. The lowest BCUT2D eigenvalue weighted by Crippen LogP contribution is -2.29. The summed E-state index contributed by atoms with van der Waals surface area (Å²) >= 11 is 0. The van der Waals surface area contributed by atoms with Gasteiger partial charge in [0, 0.05) is 0 Å². The van der Waals surface area contributed by atoms with Gasteiger partial charge in [-0.05, 0) is 35.7 Å². The van der Waals surface area contributed by atoms with Gasteiger partial charge in [-0.3, -0.25) is 4.72 Å². The number of hydrogen-bond acceptors (Lipinski definition) is 5. The molecular weight excluding hydrogens is 378 g/mol. The Morgan fingerprint density at radius 2 is 1.77 bits per heavy atom. The molecule has 0 aromatic heterocycles. The van der Waals surface area contributed by atoms with Crippen LogP contribution in [0, 0.1) is 0 Å². The number of nitrogens with zero attached hydrogens (tertiary/aromatic N) is 1. The molecule has 0 aliphatic carbocycles. The first-order valence-electron chi connectivity index (χ1n) is 7.52. The van der Waals surface area contributed by atoms with Crippen LogP contribution in [0.4, 0.5) is 11.4 Å². The molecule has 0 fully saturated rings. The fourth-order valence-corrected chi connectivity index (χ4v) is 4.21. The highest BCUT2D eigenvalue weighted by atomic mass is 32.2. The first kappa shape index (κ1) is 18.1. The van der Waals surface area contributed by atoms with Crippen molar-refractivity contribution >= 4 is 31.6 Å². The van der Waals surface area contributed by atoms with E-state index in [1.165, 1.54) is 0 Å². The monoisotopic (exact) mass is 395 g/mol. The molecule has 3 N–H and O–H groups in total. The Balaban J connectivity index is 1.83. The summed E-state index contributed by atoms with van der Waals surface area (Å²) in [5.74, 6) is -0.449. The van der Waals surface area contributed by atoms with Crippen LogP contribution in [-0.2, 0) is 26.7 Å². The molecular formula is C16H17N3O5S2. The van der Waals surface area contributed by atoms with Crippen molar-refractivity contribution in [2.75, 3.05) is 15.3 Å². The molecule has 1 aliphatic heterocycles. The van der Waals surface area contributed by atoms with Crippen LogP contribution >= 0.6 is 0 Å². The second kappa shape index (κ2) is 6.54. The standard InChI is InChI=1S/C16H17N3O5S2/c1-25(21,22)17-15-5-3-2-4-13(15)10-12-6-8-14(9-7-12)19-11-16(20)18-26(19,23)24/h2-9,11,17-18,20H,10H2,1H3. The van der Waals surface area contributed by atoms with Gasteiger partial charge in [-0.2, -0.15) is 8.42 Å². The number of rotatable bonds is 5. The fourth-order valence-electron chi connectivity index (χ4n) is 2.56. The van der Waals surface area contributed by atoms with Crippen LogP contribution in [-0.4, -0.2) is 28.2 Å². The van der Waals surface area contributed by atoms with Gasteiger partial charge in [0.1, 0.15) is 0 Å². The van der Waals surface area contributed by atoms with E-state index in [0.29, 0.717) is 17.8 Å². The molecule has 26 heavy (non-hydrogen) atoms. The van der Waals surface area contributed by atoms with Gasteiger partial charge in [0.25, 0.3) is 0 Å². The zero-order valence-corrected chi connectivity index (χ0v) is 15.4. The van der Waals surface area contributed by atoms with E-state index in [1.54, 1.807) is 36.4 Å². The third kappa shape index (κ3) is 4.09. The predicted octanol–water partition coefficient (Wildman–Crippen LogP) is 1.66. The number of benzene rings is 2. The number of hydrogen-bond donors (Lipinski definition) is 3. The SMILES string of the molecule is CS(=O)(=O)Nc1ccccc1Cc1ccc(N2C=C(O)NS2(=O)=O)cc1. The smallest absolute Gasteiger partial charge is 0.330 e. The van der Waals surface area contributed by atoms with E-state index < -0.39 is 26.1 Å². The van der Waals surface area contributed by atoms with Gasteiger partial charge in [-0.25, -0.2) is 17.4 Å². The van der Waals surface area contributed by atoms with Crippen LogP contribution in [0.25, 0.3) is 0 Å². The molecule has 0 unspecified atom stereocenters. The van der Waals surface area contributed by atoms with Crippen LogP contribution in [0.1, 0.15) is 11.1 Å². The van der Waals surface area contributed by atoms with E-state index in [9.17, 15) is 21.9 Å². The molecule has 2 aromatic carbocycles. The Hall–Kier alpha value is -2.72. The summed E-state index contributed by atoms with van der Waals surface area (Å²) in [6.45, 7) is 0. The summed E-state index contributed by atoms with van der Waals surface area (Å²) in [5, 5.41) is 9.34. The summed E-state index contributed by atoms with van der Waals surface area (Å²) in [4.78, 5) is 0. The summed E-state index contributed by atoms with van der Waals surface area (Å²) < 4.78 is 52.1. The topological polar surface area (TPSA) is 116 Å². The average Bonchev–Trinajstić information content (AvgIpc) is 2.81. The maximum absolute atomic E-state index is 11.9. The minimum absolute atomic E-state index is 0.368. The minimum atomic E-state index is -3.82. The predicted molar refractivity (Wildman–Crippen MR) is 99.4 cm³/mol. The Morgan fingerprint density at radius 3 is 2.35 bits per heavy atom. The molecule has 0 atom stereocenters. The Bertz CT molecular complexity index is 1060. The van der Waals surface area contributed by atoms with Crippen molar-refractivity contribution in [2.24, 2.45) is 0 Å². The molecule has 0 saturated heterocycles. The number of nitrogens with one attached hydrogen (secondary N) is 2. The lowest BCUT2D eigenvalue weighted by Gasteiger charge is -2.15. The van der Waals surface area contributed by atoms with Gasteiger partial charge >= 0.3 is 10.2 Å². The zero-order chi connectivity index (χ0) is 18.9. The summed E-state index contributed by atoms with van der Waals surface area (Å²) in [6, 6.07) is 13.7. The highest BCUT2D eigenvalue weighted by Crippen LogP contribution is 2.25. The lowest BCUT2D eigenvalue weighted by atomic mass is 10.0. The molecule has 138 valence electrons. The molecule has 2 aromatic rings. The second-order valence-corrected chi connectivity index (χ2v) is 9.09. The first-order valence-corrected chi connectivity index (χ1v) is 10.8. The Kier molecular flexibility index (Phi) is 4.55. The highest BCUT2D eigenvalue weighted by Gasteiger charge is 2.28. The van der Waals surface area contributed by atoms with E-state index >= 15 is 0 Å². The van der Waals surface area contributed by atoms with Crippen LogP contribution in [0.15, 0.2) is 60.6 Å². The molecule has 0 bridgehead atoms. The Morgan fingerprint density at radius 1 is 1.12 bits per heavy atom. The lowest BCUT2D eigenvalue weighted by molar-refractivity contribution is 0.392.